The average Bonchev–Trinajstić information content (AvgIpc) is 2.17. The van der Waals surface area contributed by atoms with Crippen molar-refractivity contribution in [3.8, 4) is 0 Å². The first-order valence-corrected chi connectivity index (χ1v) is 9.73. The Morgan fingerprint density at radius 1 is 1.07 bits per heavy atom. The van der Waals surface area contributed by atoms with Gasteiger partial charge in [-0.05, 0) is 19.3 Å². The molecule has 0 nitrogen and oxygen atoms in total. The molecule has 0 aromatic carbocycles. The van der Waals surface area contributed by atoms with E-state index >= 15 is 0 Å². The minimum atomic E-state index is 0.754. The van der Waals surface area contributed by atoms with Gasteiger partial charge in [-0.3, -0.25) is 0 Å². The largest absolute Gasteiger partial charge is 0.0890 e. The van der Waals surface area contributed by atoms with E-state index < -0.39 is 0 Å². The molecule has 2 unspecified atom stereocenters. The summed E-state index contributed by atoms with van der Waals surface area (Å²) in [6.07, 6.45) is 11.1. The molecule has 0 saturated carbocycles. The molecule has 92 valence electrons. The van der Waals surface area contributed by atoms with Crippen molar-refractivity contribution in [2.24, 2.45) is 0 Å². The van der Waals surface area contributed by atoms with Gasteiger partial charge in [-0.15, -0.1) is 0 Å². The van der Waals surface area contributed by atoms with Crippen LogP contribution >= 0.6 is 61.1 Å². The highest BCUT2D eigenvalue weighted by molar-refractivity contribution is 14.1. The van der Waals surface area contributed by atoms with Crippen LogP contribution < -0.4 is 0 Å². The molecule has 0 spiro atoms. The highest BCUT2D eigenvalue weighted by Gasteiger charge is 2.10. The van der Waals surface area contributed by atoms with E-state index in [9.17, 15) is 0 Å². The van der Waals surface area contributed by atoms with Crippen molar-refractivity contribution in [1.29, 1.82) is 0 Å². The Morgan fingerprint density at radius 3 is 2.33 bits per heavy atom. The van der Waals surface area contributed by atoms with E-state index in [-0.39, 0.29) is 0 Å². The van der Waals surface area contributed by atoms with Gasteiger partial charge in [-0.2, -0.15) is 0 Å². The Labute approximate surface area is 131 Å². The zero-order valence-corrected chi connectivity index (χ0v) is 15.6. The fourth-order valence-corrected chi connectivity index (χ4v) is 5.94. The van der Waals surface area contributed by atoms with Gasteiger partial charge >= 0.3 is 0 Å². The zero-order valence-electron chi connectivity index (χ0n) is 9.65. The van der Waals surface area contributed by atoms with E-state index in [0.29, 0.717) is 0 Å². The lowest BCUT2D eigenvalue weighted by atomic mass is 10.1. The second kappa shape index (κ2) is 12.4. The van der Waals surface area contributed by atoms with E-state index in [4.69, 9.17) is 0 Å². The summed E-state index contributed by atoms with van der Waals surface area (Å²) in [4.78, 5) is 0.754. The van der Waals surface area contributed by atoms with Crippen molar-refractivity contribution >= 4 is 61.1 Å². The van der Waals surface area contributed by atoms with Crippen LogP contribution in [0.3, 0.4) is 0 Å². The number of unbranched alkanes of at least 4 members (excludes halogenated alkanes) is 4. The summed E-state index contributed by atoms with van der Waals surface area (Å²) in [6.45, 7) is 2.28. The van der Waals surface area contributed by atoms with E-state index in [1.54, 1.807) is 0 Å². The molecule has 15 heavy (non-hydrogen) atoms. The normalized spacial score (nSPS) is 15.2. The van der Waals surface area contributed by atoms with E-state index in [1.165, 1.54) is 55.8 Å². The van der Waals surface area contributed by atoms with Crippen molar-refractivity contribution in [2.45, 2.75) is 67.0 Å². The van der Waals surface area contributed by atoms with Crippen LogP contribution in [-0.4, -0.2) is 13.2 Å². The predicted octanol–water partition coefficient (Wildman–Crippen LogP) is 6.13. The molecular weight excluding hydrogens is 478 g/mol. The summed E-state index contributed by atoms with van der Waals surface area (Å²) in [5.74, 6) is 0. The van der Waals surface area contributed by atoms with Gasteiger partial charge in [0.1, 0.15) is 0 Å². The van der Waals surface area contributed by atoms with Crippen LogP contribution in [0, 0.1) is 0 Å². The molecule has 0 aliphatic carbocycles. The lowest BCUT2D eigenvalue weighted by Gasteiger charge is -2.13. The summed E-state index contributed by atoms with van der Waals surface area (Å²) in [5.41, 5.74) is 0. The lowest BCUT2D eigenvalue weighted by Crippen LogP contribution is -2.08. The van der Waals surface area contributed by atoms with Gasteiger partial charge in [0.25, 0.3) is 0 Å². The zero-order chi connectivity index (χ0) is 11.5. The smallest absolute Gasteiger partial charge is 0.0155 e. The van der Waals surface area contributed by atoms with Crippen LogP contribution in [0.25, 0.3) is 0 Å². The molecule has 0 bridgehead atoms. The number of rotatable bonds is 10. The molecule has 0 saturated heterocycles. The first-order chi connectivity index (χ1) is 7.20. The van der Waals surface area contributed by atoms with Crippen LogP contribution in [-0.2, 0) is 0 Å². The van der Waals surface area contributed by atoms with Gasteiger partial charge in [0.15, 0.2) is 0 Å². The molecule has 0 radical (unpaired) electrons. The van der Waals surface area contributed by atoms with Crippen molar-refractivity contribution in [3.05, 3.63) is 0 Å². The Bertz CT molecular complexity index is 131. The van der Waals surface area contributed by atoms with Gasteiger partial charge in [0.05, 0.1) is 0 Å². The maximum atomic E-state index is 3.81. The van der Waals surface area contributed by atoms with Crippen molar-refractivity contribution in [1.82, 2.24) is 0 Å². The summed E-state index contributed by atoms with van der Waals surface area (Å²) >= 11 is 8.88. The summed E-state index contributed by atoms with van der Waals surface area (Å²) < 4.78 is 2.15. The molecule has 0 fully saturated rings. The number of hydrogen-bond donors (Lipinski definition) is 0. The second-order valence-corrected chi connectivity index (χ2v) is 8.25. The van der Waals surface area contributed by atoms with E-state index in [2.05, 4.69) is 68.0 Å². The fourth-order valence-electron chi connectivity index (χ4n) is 1.60. The van der Waals surface area contributed by atoms with Crippen LogP contribution in [0.15, 0.2) is 0 Å². The molecule has 0 rings (SSSR count). The maximum Gasteiger partial charge on any atom is 0.0155 e. The summed E-state index contributed by atoms with van der Waals surface area (Å²) in [7, 11) is 0. The Balaban J connectivity index is 3.28. The number of alkyl halides is 3. The third kappa shape index (κ3) is 12.2. The first-order valence-electron chi connectivity index (χ1n) is 6.04. The maximum absolute atomic E-state index is 3.81. The minimum absolute atomic E-state index is 0.754. The first kappa shape index (κ1) is 16.9. The van der Waals surface area contributed by atoms with Crippen LogP contribution in [0.2, 0.25) is 0 Å². The molecule has 0 aromatic heterocycles. The highest BCUT2D eigenvalue weighted by atomic mass is 127. The predicted molar refractivity (Wildman–Crippen MR) is 92.0 cm³/mol. The van der Waals surface area contributed by atoms with Gasteiger partial charge < -0.3 is 0 Å². The Morgan fingerprint density at radius 2 is 1.73 bits per heavy atom. The SMILES string of the molecule is CCCCCCCC(Br)CC(I)CCI. The number of halogens is 3. The standard InChI is InChI=1S/C12H23BrI2/c1-2-3-4-5-6-7-11(13)10-12(15)8-9-14/h11-12H,2-10H2,1H3. The molecule has 0 aliphatic heterocycles. The van der Waals surface area contributed by atoms with Crippen LogP contribution in [0.1, 0.15) is 58.3 Å². The third-order valence-corrected chi connectivity index (χ3v) is 5.14. The third-order valence-electron chi connectivity index (χ3n) is 2.55. The highest BCUT2D eigenvalue weighted by Crippen LogP contribution is 2.23. The van der Waals surface area contributed by atoms with Crippen molar-refractivity contribution < 1.29 is 0 Å². The molecule has 0 aromatic rings. The fraction of sp³-hybridized carbons (Fsp3) is 1.00. The van der Waals surface area contributed by atoms with E-state index in [0.717, 1.165) is 8.75 Å². The van der Waals surface area contributed by atoms with E-state index in [1.807, 2.05) is 0 Å². The monoisotopic (exact) mass is 500 g/mol. The van der Waals surface area contributed by atoms with Crippen molar-refractivity contribution in [3.63, 3.8) is 0 Å². The molecule has 0 amide bonds. The van der Waals surface area contributed by atoms with Crippen LogP contribution in [0.5, 0.6) is 0 Å². The molecule has 0 heterocycles. The van der Waals surface area contributed by atoms with Crippen molar-refractivity contribution in [2.75, 3.05) is 4.43 Å². The summed E-state index contributed by atoms with van der Waals surface area (Å²) in [6, 6.07) is 0. The quantitative estimate of drug-likeness (QED) is 0.192. The molecule has 3 heteroatoms. The Kier molecular flexibility index (Phi) is 14.0. The topological polar surface area (TPSA) is 0 Å². The Hall–Kier alpha value is 1.94. The summed E-state index contributed by atoms with van der Waals surface area (Å²) in [5, 5.41) is 0. The lowest BCUT2D eigenvalue weighted by molar-refractivity contribution is 0.584. The average molecular weight is 501 g/mol. The van der Waals surface area contributed by atoms with Gasteiger partial charge in [-0.1, -0.05) is 100 Å². The van der Waals surface area contributed by atoms with Gasteiger partial charge in [0, 0.05) is 13.2 Å². The van der Waals surface area contributed by atoms with Gasteiger partial charge in [-0.25, -0.2) is 0 Å². The molecule has 0 N–H and O–H groups in total. The number of hydrogen-bond acceptors (Lipinski definition) is 0. The van der Waals surface area contributed by atoms with Gasteiger partial charge in [0.2, 0.25) is 0 Å². The minimum Gasteiger partial charge on any atom is -0.0890 e. The molecular formula is C12H23BrI2. The second-order valence-electron chi connectivity index (χ2n) is 4.11. The molecule has 0 aliphatic rings. The van der Waals surface area contributed by atoms with Crippen LogP contribution in [0.4, 0.5) is 0 Å². The molecule has 2 atom stereocenters.